The Bertz CT molecular complexity index is 1090. The van der Waals surface area contributed by atoms with Crippen LogP contribution in [0.15, 0.2) is 60.7 Å². The second kappa shape index (κ2) is 9.07. The quantitative estimate of drug-likeness (QED) is 0.394. The van der Waals surface area contributed by atoms with Gasteiger partial charge in [-0.3, -0.25) is 4.79 Å². The minimum absolute atomic E-state index is 0.270. The highest BCUT2D eigenvalue weighted by Gasteiger charge is 2.31. The van der Waals surface area contributed by atoms with Gasteiger partial charge in [0.15, 0.2) is 13.2 Å². The fourth-order valence-electron chi connectivity index (χ4n) is 3.19. The standard InChI is InChI=1S/C23H20F3NO4/c1-15-11-20(16(2)27(15)18-8-6-7-17(12-18)23(24,25)26)21(28)13-31-22(29)14-30-19-9-4-3-5-10-19/h3-12H,13-14H2,1-2H3. The average Bonchev–Trinajstić information content (AvgIpc) is 3.04. The molecule has 0 fully saturated rings. The zero-order chi connectivity index (χ0) is 22.6. The minimum Gasteiger partial charge on any atom is -0.482 e. The zero-order valence-electron chi connectivity index (χ0n) is 16.9. The maximum atomic E-state index is 13.0. The molecule has 0 aliphatic heterocycles. The molecule has 0 aliphatic carbocycles. The van der Waals surface area contributed by atoms with Crippen molar-refractivity contribution >= 4 is 11.8 Å². The molecule has 0 aliphatic rings. The maximum absolute atomic E-state index is 13.0. The number of nitrogens with zero attached hydrogens (tertiary/aromatic N) is 1. The number of Topliss-reactive ketones (excluding diaryl/α,β-unsaturated/α-hetero) is 1. The summed E-state index contributed by atoms with van der Waals surface area (Å²) >= 11 is 0. The highest BCUT2D eigenvalue weighted by atomic mass is 19.4. The topological polar surface area (TPSA) is 57.5 Å². The Hall–Kier alpha value is -3.55. The van der Waals surface area contributed by atoms with Gasteiger partial charge < -0.3 is 14.0 Å². The molecule has 1 aromatic heterocycles. The van der Waals surface area contributed by atoms with Crippen LogP contribution in [0.2, 0.25) is 0 Å². The van der Waals surface area contributed by atoms with E-state index < -0.39 is 30.1 Å². The van der Waals surface area contributed by atoms with E-state index in [1.807, 2.05) is 0 Å². The summed E-state index contributed by atoms with van der Waals surface area (Å²) in [5.41, 5.74) is 0.818. The first kappa shape index (κ1) is 22.1. The van der Waals surface area contributed by atoms with Crippen molar-refractivity contribution in [3.63, 3.8) is 0 Å². The van der Waals surface area contributed by atoms with Crippen molar-refractivity contribution in [2.24, 2.45) is 0 Å². The summed E-state index contributed by atoms with van der Waals surface area (Å²) in [5.74, 6) is -0.668. The average molecular weight is 431 g/mol. The maximum Gasteiger partial charge on any atom is 0.416 e. The molecule has 2 aromatic carbocycles. The molecule has 3 aromatic rings. The van der Waals surface area contributed by atoms with E-state index in [0.29, 0.717) is 17.1 Å². The number of hydrogen-bond acceptors (Lipinski definition) is 4. The van der Waals surface area contributed by atoms with Crippen molar-refractivity contribution in [1.82, 2.24) is 4.57 Å². The number of ketones is 1. The van der Waals surface area contributed by atoms with Gasteiger partial charge in [-0.05, 0) is 50.2 Å². The van der Waals surface area contributed by atoms with Crippen molar-refractivity contribution in [2.75, 3.05) is 13.2 Å². The Balaban J connectivity index is 1.68. The van der Waals surface area contributed by atoms with Crippen molar-refractivity contribution in [3.05, 3.63) is 83.2 Å². The number of esters is 1. The number of para-hydroxylation sites is 1. The van der Waals surface area contributed by atoms with E-state index in [-0.39, 0.29) is 17.9 Å². The molecule has 0 saturated carbocycles. The van der Waals surface area contributed by atoms with Crippen molar-refractivity contribution < 1.29 is 32.2 Å². The first-order valence-electron chi connectivity index (χ1n) is 9.40. The van der Waals surface area contributed by atoms with Crippen LogP contribution in [0.25, 0.3) is 5.69 Å². The van der Waals surface area contributed by atoms with Crippen LogP contribution in [0.5, 0.6) is 5.75 Å². The van der Waals surface area contributed by atoms with Crippen LogP contribution in [-0.4, -0.2) is 29.5 Å². The summed E-state index contributed by atoms with van der Waals surface area (Å²) in [6.45, 7) is 2.47. The normalized spacial score (nSPS) is 11.3. The third kappa shape index (κ3) is 5.33. The Labute approximate surface area is 177 Å². The van der Waals surface area contributed by atoms with Crippen LogP contribution >= 0.6 is 0 Å². The molecular formula is C23H20F3NO4. The molecule has 0 unspecified atom stereocenters. The first-order chi connectivity index (χ1) is 14.7. The fourth-order valence-corrected chi connectivity index (χ4v) is 3.19. The highest BCUT2D eigenvalue weighted by molar-refractivity contribution is 5.99. The van der Waals surface area contributed by atoms with Gasteiger partial charge >= 0.3 is 12.1 Å². The van der Waals surface area contributed by atoms with Crippen molar-refractivity contribution in [1.29, 1.82) is 0 Å². The SMILES string of the molecule is Cc1cc(C(=O)COC(=O)COc2ccccc2)c(C)n1-c1cccc(C(F)(F)F)c1. The molecule has 31 heavy (non-hydrogen) atoms. The van der Waals surface area contributed by atoms with Gasteiger partial charge in [-0.2, -0.15) is 13.2 Å². The van der Waals surface area contributed by atoms with E-state index in [1.54, 1.807) is 54.8 Å². The number of aromatic nitrogens is 1. The predicted molar refractivity (Wildman–Crippen MR) is 107 cm³/mol. The van der Waals surface area contributed by atoms with Gasteiger partial charge in [-0.15, -0.1) is 0 Å². The molecule has 1 heterocycles. The zero-order valence-corrected chi connectivity index (χ0v) is 16.9. The number of benzene rings is 2. The summed E-state index contributed by atoms with van der Waals surface area (Å²) < 4.78 is 50.9. The van der Waals surface area contributed by atoms with Crippen LogP contribution in [0, 0.1) is 13.8 Å². The molecule has 3 rings (SSSR count). The summed E-state index contributed by atoms with van der Waals surface area (Å²) in [6, 6.07) is 15.1. The predicted octanol–water partition coefficient (Wildman–Crippen LogP) is 4.92. The van der Waals surface area contributed by atoms with E-state index in [1.165, 1.54) is 12.1 Å². The lowest BCUT2D eigenvalue weighted by atomic mass is 10.1. The lowest BCUT2D eigenvalue weighted by Gasteiger charge is -2.13. The molecule has 5 nitrogen and oxygen atoms in total. The Morgan fingerprint density at radius 3 is 2.32 bits per heavy atom. The van der Waals surface area contributed by atoms with Crippen LogP contribution in [0.4, 0.5) is 13.2 Å². The molecule has 0 atom stereocenters. The van der Waals surface area contributed by atoms with Crippen LogP contribution in [-0.2, 0) is 15.7 Å². The van der Waals surface area contributed by atoms with Gasteiger partial charge in [0.1, 0.15) is 5.75 Å². The van der Waals surface area contributed by atoms with E-state index in [4.69, 9.17) is 9.47 Å². The van der Waals surface area contributed by atoms with E-state index in [9.17, 15) is 22.8 Å². The van der Waals surface area contributed by atoms with Gasteiger partial charge in [0.2, 0.25) is 5.78 Å². The number of ether oxygens (including phenoxy) is 2. The van der Waals surface area contributed by atoms with Gasteiger partial charge in [0, 0.05) is 22.6 Å². The second-order valence-electron chi connectivity index (χ2n) is 6.85. The fraction of sp³-hybridized carbons (Fsp3) is 0.217. The highest BCUT2D eigenvalue weighted by Crippen LogP contribution is 2.31. The number of carbonyl (C=O) groups excluding carboxylic acids is 2. The van der Waals surface area contributed by atoms with Crippen molar-refractivity contribution in [3.8, 4) is 11.4 Å². The molecule has 0 bridgehead atoms. The van der Waals surface area contributed by atoms with Gasteiger partial charge in [0.25, 0.3) is 0 Å². The Kier molecular flexibility index (Phi) is 6.48. The van der Waals surface area contributed by atoms with Crippen LogP contribution in [0.1, 0.15) is 27.3 Å². The molecule has 0 N–H and O–H groups in total. The molecule has 0 spiro atoms. The van der Waals surface area contributed by atoms with Gasteiger partial charge in [0.05, 0.1) is 5.56 Å². The smallest absolute Gasteiger partial charge is 0.416 e. The number of alkyl halides is 3. The lowest BCUT2D eigenvalue weighted by molar-refractivity contribution is -0.144. The van der Waals surface area contributed by atoms with Gasteiger partial charge in [-0.1, -0.05) is 24.3 Å². The first-order valence-corrected chi connectivity index (χ1v) is 9.40. The summed E-state index contributed by atoms with van der Waals surface area (Å²) in [6.07, 6.45) is -4.47. The summed E-state index contributed by atoms with van der Waals surface area (Å²) in [7, 11) is 0. The number of carbonyl (C=O) groups is 2. The lowest BCUT2D eigenvalue weighted by Crippen LogP contribution is -2.19. The minimum atomic E-state index is -4.47. The summed E-state index contributed by atoms with van der Waals surface area (Å²) in [4.78, 5) is 24.4. The largest absolute Gasteiger partial charge is 0.482 e. The van der Waals surface area contributed by atoms with Crippen molar-refractivity contribution in [2.45, 2.75) is 20.0 Å². The van der Waals surface area contributed by atoms with E-state index in [2.05, 4.69) is 0 Å². The number of rotatable bonds is 7. The summed E-state index contributed by atoms with van der Waals surface area (Å²) in [5, 5.41) is 0. The Morgan fingerprint density at radius 1 is 0.935 bits per heavy atom. The molecule has 0 saturated heterocycles. The molecule has 8 heteroatoms. The molecule has 0 radical (unpaired) electrons. The molecule has 162 valence electrons. The second-order valence-corrected chi connectivity index (χ2v) is 6.85. The van der Waals surface area contributed by atoms with Crippen LogP contribution in [0.3, 0.4) is 0 Å². The number of halogens is 3. The van der Waals surface area contributed by atoms with Crippen LogP contribution < -0.4 is 4.74 Å². The molecular weight excluding hydrogens is 411 g/mol. The molecule has 0 amide bonds. The van der Waals surface area contributed by atoms with E-state index in [0.717, 1.165) is 12.1 Å². The third-order valence-corrected chi connectivity index (χ3v) is 4.63. The number of aryl methyl sites for hydroxylation is 1. The number of hydrogen-bond donors (Lipinski definition) is 0. The third-order valence-electron chi connectivity index (χ3n) is 4.63. The monoisotopic (exact) mass is 431 g/mol. The van der Waals surface area contributed by atoms with Gasteiger partial charge in [-0.25, -0.2) is 4.79 Å². The Morgan fingerprint density at radius 2 is 1.65 bits per heavy atom. The van der Waals surface area contributed by atoms with E-state index >= 15 is 0 Å².